The Morgan fingerprint density at radius 3 is 3.00 bits per heavy atom. The van der Waals surface area contributed by atoms with Crippen LogP contribution in [0.1, 0.15) is 11.7 Å². The summed E-state index contributed by atoms with van der Waals surface area (Å²) in [5.41, 5.74) is 6.23. The summed E-state index contributed by atoms with van der Waals surface area (Å²) < 4.78 is 1.54. The van der Waals surface area contributed by atoms with Crippen molar-refractivity contribution in [3.63, 3.8) is 0 Å². The Morgan fingerprint density at radius 2 is 2.60 bits per heavy atom. The average molecular weight is 142 g/mol. The van der Waals surface area contributed by atoms with E-state index < -0.39 is 0 Å². The molecule has 5 heteroatoms. The molecule has 1 heterocycles. The van der Waals surface area contributed by atoms with Crippen LogP contribution in [0.4, 0.5) is 0 Å². The van der Waals surface area contributed by atoms with Crippen molar-refractivity contribution in [2.45, 2.75) is 6.04 Å². The molecule has 0 aliphatic carbocycles. The molecule has 10 heavy (non-hydrogen) atoms. The molecular formula is C5H10N4O. The Kier molecular flexibility index (Phi) is 1.98. The summed E-state index contributed by atoms with van der Waals surface area (Å²) in [4.78, 5) is 0. The van der Waals surface area contributed by atoms with E-state index >= 15 is 0 Å². The molecule has 0 saturated heterocycles. The van der Waals surface area contributed by atoms with Crippen molar-refractivity contribution in [3.05, 3.63) is 11.9 Å². The molecule has 1 rings (SSSR count). The van der Waals surface area contributed by atoms with E-state index in [9.17, 15) is 0 Å². The monoisotopic (exact) mass is 142 g/mol. The molecule has 0 spiro atoms. The van der Waals surface area contributed by atoms with E-state index in [0.717, 1.165) is 5.69 Å². The summed E-state index contributed by atoms with van der Waals surface area (Å²) in [6.07, 6.45) is 1.54. The van der Waals surface area contributed by atoms with Crippen molar-refractivity contribution in [2.24, 2.45) is 12.8 Å². The first-order chi connectivity index (χ1) is 4.75. The molecule has 56 valence electrons. The number of nitrogens with zero attached hydrogens (tertiary/aromatic N) is 3. The lowest BCUT2D eigenvalue weighted by atomic mass is 10.2. The van der Waals surface area contributed by atoms with Gasteiger partial charge in [0.2, 0.25) is 0 Å². The number of nitrogens with two attached hydrogens (primary N) is 1. The first-order valence-corrected chi connectivity index (χ1v) is 2.96. The third kappa shape index (κ3) is 1.14. The maximum Gasteiger partial charge on any atom is 0.0774 e. The van der Waals surface area contributed by atoms with Crippen molar-refractivity contribution in [2.75, 3.05) is 6.61 Å². The molecular weight excluding hydrogens is 132 g/mol. The Morgan fingerprint density at radius 1 is 1.90 bits per heavy atom. The predicted molar refractivity (Wildman–Crippen MR) is 35.0 cm³/mol. The van der Waals surface area contributed by atoms with Gasteiger partial charge in [0, 0.05) is 7.05 Å². The molecule has 0 aromatic carbocycles. The fourth-order valence-electron chi connectivity index (χ4n) is 0.727. The highest BCUT2D eigenvalue weighted by atomic mass is 16.3. The number of rotatable bonds is 2. The van der Waals surface area contributed by atoms with Crippen LogP contribution < -0.4 is 5.73 Å². The van der Waals surface area contributed by atoms with Gasteiger partial charge in [-0.15, -0.1) is 5.10 Å². The normalized spacial score (nSPS) is 13.5. The lowest BCUT2D eigenvalue weighted by Gasteiger charge is -2.05. The zero-order chi connectivity index (χ0) is 7.56. The van der Waals surface area contributed by atoms with Crippen molar-refractivity contribution in [1.29, 1.82) is 0 Å². The van der Waals surface area contributed by atoms with Gasteiger partial charge in [0.05, 0.1) is 24.5 Å². The van der Waals surface area contributed by atoms with Gasteiger partial charge in [-0.25, -0.2) is 0 Å². The molecule has 0 saturated carbocycles. The number of aliphatic hydroxyl groups excluding tert-OH is 1. The van der Waals surface area contributed by atoms with Crippen LogP contribution in [0.2, 0.25) is 0 Å². The fraction of sp³-hybridized carbons (Fsp3) is 0.600. The number of hydrogen-bond donors (Lipinski definition) is 2. The minimum absolute atomic E-state index is 0.0821. The van der Waals surface area contributed by atoms with Crippen LogP contribution in [0.5, 0.6) is 0 Å². The van der Waals surface area contributed by atoms with Crippen molar-refractivity contribution in [3.8, 4) is 0 Å². The first-order valence-electron chi connectivity index (χ1n) is 2.96. The molecule has 0 bridgehead atoms. The second kappa shape index (κ2) is 2.76. The molecule has 0 unspecified atom stereocenters. The largest absolute Gasteiger partial charge is 0.394 e. The van der Waals surface area contributed by atoms with E-state index in [1.807, 2.05) is 0 Å². The summed E-state index contributed by atoms with van der Waals surface area (Å²) in [5, 5.41) is 15.9. The summed E-state index contributed by atoms with van der Waals surface area (Å²) in [6, 6.07) is -0.375. The summed E-state index contributed by atoms with van der Waals surface area (Å²) in [5.74, 6) is 0. The standard InChI is InChI=1S/C5H10N4O/c1-9-5(2-7-8-9)4(6)3-10/h2,4,10H,3,6H2,1H3/t4-/m1/s1. The highest BCUT2D eigenvalue weighted by molar-refractivity contribution is 4.99. The SMILES string of the molecule is Cn1nncc1[C@H](N)CO. The van der Waals surface area contributed by atoms with E-state index in [1.54, 1.807) is 17.9 Å². The third-order valence-corrected chi connectivity index (χ3v) is 1.33. The zero-order valence-electron chi connectivity index (χ0n) is 5.73. The molecule has 0 aliphatic rings. The molecule has 1 aromatic heterocycles. The Labute approximate surface area is 58.5 Å². The molecule has 1 atom stereocenters. The van der Waals surface area contributed by atoms with Crippen molar-refractivity contribution in [1.82, 2.24) is 15.0 Å². The van der Waals surface area contributed by atoms with Crippen LogP contribution in [-0.4, -0.2) is 26.7 Å². The Balaban J connectivity index is 2.82. The highest BCUT2D eigenvalue weighted by Crippen LogP contribution is 2.03. The number of aliphatic hydroxyl groups is 1. The number of hydrogen-bond acceptors (Lipinski definition) is 4. The summed E-state index contributed by atoms with van der Waals surface area (Å²) in [7, 11) is 1.73. The van der Waals surface area contributed by atoms with E-state index in [1.165, 1.54) is 0 Å². The molecule has 0 radical (unpaired) electrons. The molecule has 1 aromatic rings. The van der Waals surface area contributed by atoms with Gasteiger partial charge >= 0.3 is 0 Å². The minimum Gasteiger partial charge on any atom is -0.394 e. The van der Waals surface area contributed by atoms with Crippen LogP contribution in [-0.2, 0) is 7.05 Å². The van der Waals surface area contributed by atoms with Crippen molar-refractivity contribution >= 4 is 0 Å². The Hall–Kier alpha value is -0.940. The third-order valence-electron chi connectivity index (χ3n) is 1.33. The van der Waals surface area contributed by atoms with E-state index in [2.05, 4.69) is 10.3 Å². The lowest BCUT2D eigenvalue weighted by Crippen LogP contribution is -2.17. The predicted octanol–water partition coefficient (Wildman–Crippen LogP) is -1.19. The van der Waals surface area contributed by atoms with Crippen LogP contribution in [0.15, 0.2) is 6.20 Å². The van der Waals surface area contributed by atoms with Gasteiger partial charge in [0.25, 0.3) is 0 Å². The molecule has 0 fully saturated rings. The molecule has 5 nitrogen and oxygen atoms in total. The van der Waals surface area contributed by atoms with E-state index in [-0.39, 0.29) is 12.6 Å². The van der Waals surface area contributed by atoms with E-state index in [0.29, 0.717) is 0 Å². The molecule has 0 amide bonds. The van der Waals surface area contributed by atoms with Crippen LogP contribution in [0.25, 0.3) is 0 Å². The quantitative estimate of drug-likeness (QED) is 0.544. The first kappa shape index (κ1) is 7.17. The van der Waals surface area contributed by atoms with E-state index in [4.69, 9.17) is 10.8 Å². The number of aromatic nitrogens is 3. The van der Waals surface area contributed by atoms with Gasteiger partial charge in [0.15, 0.2) is 0 Å². The summed E-state index contributed by atoms with van der Waals surface area (Å²) in [6.45, 7) is -0.0821. The van der Waals surface area contributed by atoms with Gasteiger partial charge < -0.3 is 10.8 Å². The van der Waals surface area contributed by atoms with Crippen LogP contribution >= 0.6 is 0 Å². The fourth-order valence-corrected chi connectivity index (χ4v) is 0.727. The number of aryl methyl sites for hydroxylation is 1. The zero-order valence-corrected chi connectivity index (χ0v) is 5.73. The highest BCUT2D eigenvalue weighted by Gasteiger charge is 2.07. The molecule has 0 aliphatic heterocycles. The van der Waals surface area contributed by atoms with Gasteiger partial charge in [-0.05, 0) is 0 Å². The van der Waals surface area contributed by atoms with Gasteiger partial charge in [0.1, 0.15) is 0 Å². The Bertz CT molecular complexity index is 209. The van der Waals surface area contributed by atoms with Crippen LogP contribution in [0, 0.1) is 0 Å². The average Bonchev–Trinajstić information content (AvgIpc) is 2.34. The van der Waals surface area contributed by atoms with Gasteiger partial charge in [-0.1, -0.05) is 5.21 Å². The second-order valence-electron chi connectivity index (χ2n) is 2.07. The maximum atomic E-state index is 8.64. The maximum absolute atomic E-state index is 8.64. The van der Waals surface area contributed by atoms with Crippen LogP contribution in [0.3, 0.4) is 0 Å². The van der Waals surface area contributed by atoms with Gasteiger partial charge in [-0.3, -0.25) is 4.68 Å². The van der Waals surface area contributed by atoms with Gasteiger partial charge in [-0.2, -0.15) is 0 Å². The summed E-state index contributed by atoms with van der Waals surface area (Å²) >= 11 is 0. The second-order valence-corrected chi connectivity index (χ2v) is 2.07. The minimum atomic E-state index is -0.375. The molecule has 3 N–H and O–H groups in total. The smallest absolute Gasteiger partial charge is 0.0774 e. The van der Waals surface area contributed by atoms with Crippen molar-refractivity contribution < 1.29 is 5.11 Å². The lowest BCUT2D eigenvalue weighted by molar-refractivity contribution is 0.263. The topological polar surface area (TPSA) is 77.0 Å².